The van der Waals surface area contributed by atoms with Gasteiger partial charge in [0.05, 0.1) is 18.1 Å². The van der Waals surface area contributed by atoms with E-state index in [2.05, 4.69) is 10.6 Å². The molecule has 7 heteroatoms. The number of nitrogens with zero attached hydrogens (tertiary/aromatic N) is 1. The van der Waals surface area contributed by atoms with Crippen LogP contribution in [0.25, 0.3) is 0 Å². The number of amides is 1. The molecule has 1 heterocycles. The number of nitro benzene ring substituents is 1. The average Bonchev–Trinajstić information content (AvgIpc) is 2.47. The number of hydrogen-bond acceptors (Lipinski definition) is 5. The van der Waals surface area contributed by atoms with Crippen molar-refractivity contribution in [3.8, 4) is 0 Å². The largest absolute Gasteiger partial charge is 0.378 e. The number of hydrogen-bond donors (Lipinski definition) is 2. The second kappa shape index (κ2) is 7.14. The molecular formula is C14H19N3O4. The van der Waals surface area contributed by atoms with Crippen molar-refractivity contribution in [2.75, 3.05) is 19.8 Å². The molecule has 0 spiro atoms. The van der Waals surface area contributed by atoms with E-state index in [1.165, 1.54) is 6.07 Å². The van der Waals surface area contributed by atoms with Crippen LogP contribution in [0.15, 0.2) is 18.2 Å². The second-order valence-electron chi connectivity index (χ2n) is 5.03. The lowest BCUT2D eigenvalue weighted by atomic mass is 10.1. The first-order valence-electron chi connectivity index (χ1n) is 6.88. The Morgan fingerprint density at radius 1 is 1.57 bits per heavy atom. The predicted molar refractivity (Wildman–Crippen MR) is 76.9 cm³/mol. The first-order valence-corrected chi connectivity index (χ1v) is 6.88. The van der Waals surface area contributed by atoms with Crippen molar-refractivity contribution in [3.05, 3.63) is 39.4 Å². The molecule has 1 aliphatic heterocycles. The van der Waals surface area contributed by atoms with Crippen LogP contribution in [0.5, 0.6) is 0 Å². The van der Waals surface area contributed by atoms with Crippen molar-refractivity contribution in [2.45, 2.75) is 25.9 Å². The SMILES string of the molecule is Cc1c(CNC(=O)CC2COCCN2)cccc1[N+](=O)[O-]. The fraction of sp³-hybridized carbons (Fsp3) is 0.500. The molecule has 1 fully saturated rings. The molecule has 2 N–H and O–H groups in total. The summed E-state index contributed by atoms with van der Waals surface area (Å²) in [6, 6.07) is 4.91. The number of ether oxygens (including phenoxy) is 1. The summed E-state index contributed by atoms with van der Waals surface area (Å²) in [7, 11) is 0. The Morgan fingerprint density at radius 3 is 3.05 bits per heavy atom. The van der Waals surface area contributed by atoms with Crippen molar-refractivity contribution >= 4 is 11.6 Å². The normalized spacial score (nSPS) is 18.2. The van der Waals surface area contributed by atoms with Gasteiger partial charge in [-0.25, -0.2) is 0 Å². The molecule has 1 unspecified atom stereocenters. The summed E-state index contributed by atoms with van der Waals surface area (Å²) in [5.74, 6) is -0.0936. The summed E-state index contributed by atoms with van der Waals surface area (Å²) in [5, 5.41) is 16.9. The molecule has 1 saturated heterocycles. The van der Waals surface area contributed by atoms with Gasteiger partial charge in [0.2, 0.25) is 5.91 Å². The topological polar surface area (TPSA) is 93.5 Å². The van der Waals surface area contributed by atoms with E-state index in [9.17, 15) is 14.9 Å². The van der Waals surface area contributed by atoms with E-state index in [4.69, 9.17) is 4.74 Å². The van der Waals surface area contributed by atoms with Crippen LogP contribution in [-0.2, 0) is 16.1 Å². The van der Waals surface area contributed by atoms with Crippen LogP contribution in [0.4, 0.5) is 5.69 Å². The first kappa shape index (κ1) is 15.4. The monoisotopic (exact) mass is 293 g/mol. The molecule has 1 aliphatic rings. The van der Waals surface area contributed by atoms with Crippen LogP contribution in [0.1, 0.15) is 17.5 Å². The van der Waals surface area contributed by atoms with E-state index in [-0.39, 0.29) is 17.6 Å². The summed E-state index contributed by atoms with van der Waals surface area (Å²) in [6.45, 7) is 3.94. The molecule has 0 aliphatic carbocycles. The highest BCUT2D eigenvalue weighted by Crippen LogP contribution is 2.20. The predicted octanol–water partition coefficient (Wildman–Crippen LogP) is 0.898. The molecule has 1 aromatic carbocycles. The van der Waals surface area contributed by atoms with Crippen LogP contribution in [-0.4, -0.2) is 36.6 Å². The van der Waals surface area contributed by atoms with Crippen molar-refractivity contribution in [3.63, 3.8) is 0 Å². The summed E-state index contributed by atoms with van der Waals surface area (Å²) in [5.41, 5.74) is 1.41. The number of rotatable bonds is 5. The molecule has 1 aromatic rings. The van der Waals surface area contributed by atoms with Crippen molar-refractivity contribution in [1.29, 1.82) is 0 Å². The molecule has 114 valence electrons. The van der Waals surface area contributed by atoms with Crippen LogP contribution in [0.2, 0.25) is 0 Å². The highest BCUT2D eigenvalue weighted by molar-refractivity contribution is 5.76. The van der Waals surface area contributed by atoms with E-state index < -0.39 is 4.92 Å². The zero-order chi connectivity index (χ0) is 15.2. The molecule has 0 radical (unpaired) electrons. The highest BCUT2D eigenvalue weighted by atomic mass is 16.6. The first-order chi connectivity index (χ1) is 10.1. The Balaban J connectivity index is 1.89. The third kappa shape index (κ3) is 4.24. The molecule has 21 heavy (non-hydrogen) atoms. The molecule has 1 atom stereocenters. The van der Waals surface area contributed by atoms with Crippen LogP contribution >= 0.6 is 0 Å². The van der Waals surface area contributed by atoms with Gasteiger partial charge < -0.3 is 15.4 Å². The zero-order valence-electron chi connectivity index (χ0n) is 11.9. The molecule has 0 aromatic heterocycles. The van der Waals surface area contributed by atoms with Gasteiger partial charge in [0.25, 0.3) is 5.69 Å². The lowest BCUT2D eigenvalue weighted by Crippen LogP contribution is -2.44. The number of carbonyl (C=O) groups excluding carboxylic acids is 1. The molecular weight excluding hydrogens is 274 g/mol. The fourth-order valence-electron chi connectivity index (χ4n) is 2.30. The number of carbonyl (C=O) groups is 1. The minimum Gasteiger partial charge on any atom is -0.378 e. The van der Waals surface area contributed by atoms with E-state index in [0.29, 0.717) is 31.7 Å². The minimum atomic E-state index is -0.413. The summed E-state index contributed by atoms with van der Waals surface area (Å²) in [6.07, 6.45) is 0.341. The summed E-state index contributed by atoms with van der Waals surface area (Å²) < 4.78 is 5.29. The van der Waals surface area contributed by atoms with Gasteiger partial charge in [-0.05, 0) is 12.5 Å². The van der Waals surface area contributed by atoms with Gasteiger partial charge in [0.1, 0.15) is 0 Å². The fourth-order valence-corrected chi connectivity index (χ4v) is 2.30. The standard InChI is InChI=1S/C14H19N3O4/c1-10-11(3-2-4-13(10)17(19)20)8-16-14(18)7-12-9-21-6-5-15-12/h2-4,12,15H,5-9H2,1H3,(H,16,18). The third-order valence-electron chi connectivity index (χ3n) is 3.52. The lowest BCUT2D eigenvalue weighted by Gasteiger charge is -2.23. The maximum absolute atomic E-state index is 11.9. The number of benzene rings is 1. The Bertz CT molecular complexity index is 527. The molecule has 1 amide bonds. The molecule has 7 nitrogen and oxygen atoms in total. The summed E-state index contributed by atoms with van der Waals surface area (Å²) >= 11 is 0. The van der Waals surface area contributed by atoms with E-state index >= 15 is 0 Å². The van der Waals surface area contributed by atoms with E-state index in [1.54, 1.807) is 19.1 Å². The Morgan fingerprint density at radius 2 is 2.38 bits per heavy atom. The number of morpholine rings is 1. The van der Waals surface area contributed by atoms with E-state index in [0.717, 1.165) is 12.1 Å². The van der Waals surface area contributed by atoms with Crippen LogP contribution in [0.3, 0.4) is 0 Å². The molecule has 0 bridgehead atoms. The van der Waals surface area contributed by atoms with Crippen LogP contribution in [0, 0.1) is 17.0 Å². The maximum Gasteiger partial charge on any atom is 0.272 e. The van der Waals surface area contributed by atoms with Crippen molar-refractivity contribution < 1.29 is 14.5 Å². The maximum atomic E-state index is 11.9. The Kier molecular flexibility index (Phi) is 5.24. The smallest absolute Gasteiger partial charge is 0.272 e. The molecule has 2 rings (SSSR count). The minimum absolute atomic E-state index is 0.0324. The number of nitrogens with one attached hydrogen (secondary N) is 2. The van der Waals surface area contributed by atoms with Gasteiger partial charge in [0.15, 0.2) is 0 Å². The van der Waals surface area contributed by atoms with Gasteiger partial charge in [-0.3, -0.25) is 14.9 Å². The van der Waals surface area contributed by atoms with Gasteiger partial charge in [0, 0.05) is 37.2 Å². The van der Waals surface area contributed by atoms with Crippen molar-refractivity contribution in [2.24, 2.45) is 0 Å². The third-order valence-corrected chi connectivity index (χ3v) is 3.52. The van der Waals surface area contributed by atoms with Crippen molar-refractivity contribution in [1.82, 2.24) is 10.6 Å². The Labute approximate surface area is 122 Å². The van der Waals surface area contributed by atoms with Gasteiger partial charge in [-0.15, -0.1) is 0 Å². The number of nitro groups is 1. The zero-order valence-corrected chi connectivity index (χ0v) is 11.9. The quantitative estimate of drug-likeness (QED) is 0.621. The van der Waals surface area contributed by atoms with Gasteiger partial charge in [-0.1, -0.05) is 12.1 Å². The highest BCUT2D eigenvalue weighted by Gasteiger charge is 2.17. The lowest BCUT2D eigenvalue weighted by molar-refractivity contribution is -0.385. The van der Waals surface area contributed by atoms with E-state index in [1.807, 2.05) is 0 Å². The second-order valence-corrected chi connectivity index (χ2v) is 5.03. The van der Waals surface area contributed by atoms with Gasteiger partial charge in [-0.2, -0.15) is 0 Å². The Hall–Kier alpha value is -1.99. The van der Waals surface area contributed by atoms with Crippen LogP contribution < -0.4 is 10.6 Å². The average molecular weight is 293 g/mol. The summed E-state index contributed by atoms with van der Waals surface area (Å²) in [4.78, 5) is 22.3. The molecule has 0 saturated carbocycles. The van der Waals surface area contributed by atoms with Gasteiger partial charge >= 0.3 is 0 Å².